The number of nitrogens with zero attached hydrogens (tertiary/aromatic N) is 2. The van der Waals surface area contributed by atoms with Gasteiger partial charge < -0.3 is 5.32 Å². The van der Waals surface area contributed by atoms with Crippen LogP contribution in [0.15, 0.2) is 30.6 Å². The highest BCUT2D eigenvalue weighted by Gasteiger charge is 2.12. The molecule has 0 saturated carbocycles. The molecule has 1 aromatic heterocycles. The van der Waals surface area contributed by atoms with Crippen molar-refractivity contribution in [3.05, 3.63) is 36.2 Å². The summed E-state index contributed by atoms with van der Waals surface area (Å²) >= 11 is 0. The van der Waals surface area contributed by atoms with Gasteiger partial charge in [0.25, 0.3) is 0 Å². The van der Waals surface area contributed by atoms with E-state index in [0.29, 0.717) is 6.42 Å². The molecule has 0 saturated heterocycles. The first-order valence-electron chi connectivity index (χ1n) is 7.11. The molecule has 0 amide bonds. The van der Waals surface area contributed by atoms with E-state index >= 15 is 0 Å². The molecule has 1 atom stereocenters. The lowest BCUT2D eigenvalue weighted by molar-refractivity contribution is 0.507. The summed E-state index contributed by atoms with van der Waals surface area (Å²) in [6.07, 6.45) is 6.07. The number of hydrogen-bond donors (Lipinski definition) is 1. The minimum absolute atomic E-state index is 0.142. The van der Waals surface area contributed by atoms with Gasteiger partial charge in [-0.15, -0.1) is 0 Å². The monoisotopic (exact) mass is 307 g/mol. The summed E-state index contributed by atoms with van der Waals surface area (Å²) in [7, 11) is -2.90. The molecule has 0 spiro atoms. The fourth-order valence-electron chi connectivity index (χ4n) is 2.38. The normalized spacial score (nSPS) is 13.4. The Morgan fingerprint density at radius 2 is 1.90 bits per heavy atom. The molecular formula is C15H21N3O2S. The van der Waals surface area contributed by atoms with E-state index in [9.17, 15) is 8.42 Å². The third kappa shape index (κ3) is 4.75. The van der Waals surface area contributed by atoms with Crippen molar-refractivity contribution in [2.24, 2.45) is 0 Å². The Morgan fingerprint density at radius 1 is 1.19 bits per heavy atom. The first kappa shape index (κ1) is 15.9. The zero-order valence-electron chi connectivity index (χ0n) is 12.4. The van der Waals surface area contributed by atoms with Gasteiger partial charge in [-0.25, -0.2) is 8.42 Å². The number of fused-ring (bicyclic) bond motifs is 1. The molecule has 2 rings (SSSR count). The topological polar surface area (TPSA) is 72.0 Å². The van der Waals surface area contributed by atoms with Gasteiger partial charge in [0, 0.05) is 30.4 Å². The standard InChI is InChI=1S/C15H21N3O2S/c1-3-16-13(5-4-10-21(2,19)20)12-6-7-14-15(11-12)18-9-8-17-14/h6-9,11,13,16H,3-5,10H2,1-2H3. The fourth-order valence-corrected chi connectivity index (χ4v) is 3.07. The van der Waals surface area contributed by atoms with Crippen molar-refractivity contribution in [3.8, 4) is 0 Å². The average Bonchev–Trinajstić information content (AvgIpc) is 2.44. The molecule has 114 valence electrons. The Kier molecular flexibility index (Phi) is 5.25. The molecule has 2 aromatic rings. The van der Waals surface area contributed by atoms with Crippen molar-refractivity contribution in [1.29, 1.82) is 0 Å². The van der Waals surface area contributed by atoms with Gasteiger partial charge in [0.1, 0.15) is 9.84 Å². The molecule has 0 radical (unpaired) electrons. The Labute approximate surface area is 125 Å². The summed E-state index contributed by atoms with van der Waals surface area (Å²) in [6, 6.07) is 6.16. The Balaban J connectivity index is 2.15. The minimum atomic E-state index is -2.90. The van der Waals surface area contributed by atoms with Gasteiger partial charge in [-0.2, -0.15) is 0 Å². The minimum Gasteiger partial charge on any atom is -0.310 e. The number of benzene rings is 1. The lowest BCUT2D eigenvalue weighted by Gasteiger charge is -2.18. The Hall–Kier alpha value is -1.53. The van der Waals surface area contributed by atoms with Crippen LogP contribution in [0.2, 0.25) is 0 Å². The predicted molar refractivity (Wildman–Crippen MR) is 84.9 cm³/mol. The maximum atomic E-state index is 11.2. The van der Waals surface area contributed by atoms with Gasteiger partial charge in [-0.05, 0) is 37.1 Å². The number of aromatic nitrogens is 2. The van der Waals surface area contributed by atoms with Gasteiger partial charge in [0.2, 0.25) is 0 Å². The third-order valence-corrected chi connectivity index (χ3v) is 4.38. The Morgan fingerprint density at radius 3 is 2.57 bits per heavy atom. The van der Waals surface area contributed by atoms with E-state index < -0.39 is 9.84 Å². The maximum absolute atomic E-state index is 11.2. The van der Waals surface area contributed by atoms with Crippen molar-refractivity contribution in [2.45, 2.75) is 25.8 Å². The van der Waals surface area contributed by atoms with Crippen LogP contribution in [0.1, 0.15) is 31.4 Å². The van der Waals surface area contributed by atoms with Crippen molar-refractivity contribution in [2.75, 3.05) is 18.6 Å². The summed E-state index contributed by atoms with van der Waals surface area (Å²) in [5.41, 5.74) is 2.85. The fraction of sp³-hybridized carbons (Fsp3) is 0.467. The molecule has 0 aliphatic heterocycles. The maximum Gasteiger partial charge on any atom is 0.147 e. The van der Waals surface area contributed by atoms with Crippen LogP contribution in [0, 0.1) is 0 Å². The SMILES string of the molecule is CCNC(CCCS(C)(=O)=O)c1ccc2nccnc2c1. The number of rotatable bonds is 7. The van der Waals surface area contributed by atoms with Crippen LogP contribution in [0.25, 0.3) is 11.0 Å². The number of sulfone groups is 1. The van der Waals surface area contributed by atoms with E-state index in [0.717, 1.165) is 29.6 Å². The van der Waals surface area contributed by atoms with E-state index in [1.807, 2.05) is 25.1 Å². The molecule has 0 fully saturated rings. The summed E-state index contributed by atoms with van der Waals surface area (Å²) in [5.74, 6) is 0.224. The highest BCUT2D eigenvalue weighted by atomic mass is 32.2. The first-order valence-corrected chi connectivity index (χ1v) is 9.17. The second-order valence-electron chi connectivity index (χ2n) is 5.19. The van der Waals surface area contributed by atoms with Gasteiger partial charge >= 0.3 is 0 Å². The van der Waals surface area contributed by atoms with Crippen LogP contribution in [-0.4, -0.2) is 36.9 Å². The van der Waals surface area contributed by atoms with Crippen molar-refractivity contribution >= 4 is 20.9 Å². The summed E-state index contributed by atoms with van der Waals surface area (Å²) in [5, 5.41) is 3.41. The predicted octanol–water partition coefficient (Wildman–Crippen LogP) is 2.11. The summed E-state index contributed by atoms with van der Waals surface area (Å²) < 4.78 is 22.5. The highest BCUT2D eigenvalue weighted by Crippen LogP contribution is 2.21. The molecule has 1 N–H and O–H groups in total. The van der Waals surface area contributed by atoms with E-state index in [2.05, 4.69) is 15.3 Å². The molecule has 1 unspecified atom stereocenters. The molecular weight excluding hydrogens is 286 g/mol. The van der Waals surface area contributed by atoms with Crippen molar-refractivity contribution < 1.29 is 8.42 Å². The first-order chi connectivity index (χ1) is 9.99. The van der Waals surface area contributed by atoms with Crippen LogP contribution in [0.3, 0.4) is 0 Å². The van der Waals surface area contributed by atoms with Crippen molar-refractivity contribution in [3.63, 3.8) is 0 Å². The van der Waals surface area contributed by atoms with E-state index in [-0.39, 0.29) is 11.8 Å². The van der Waals surface area contributed by atoms with Crippen molar-refractivity contribution in [1.82, 2.24) is 15.3 Å². The average molecular weight is 307 g/mol. The lowest BCUT2D eigenvalue weighted by atomic mass is 10.0. The quantitative estimate of drug-likeness (QED) is 0.848. The molecule has 0 aliphatic rings. The van der Waals surface area contributed by atoms with Crippen LogP contribution in [0.4, 0.5) is 0 Å². The summed E-state index contributed by atoms with van der Waals surface area (Å²) in [6.45, 7) is 2.88. The Bertz CT molecular complexity index is 701. The molecule has 5 nitrogen and oxygen atoms in total. The third-order valence-electron chi connectivity index (χ3n) is 3.35. The van der Waals surface area contributed by atoms with Gasteiger partial charge in [0.15, 0.2) is 0 Å². The molecule has 6 heteroatoms. The molecule has 0 aliphatic carbocycles. The van der Waals surface area contributed by atoms with Crippen LogP contribution in [0.5, 0.6) is 0 Å². The van der Waals surface area contributed by atoms with Gasteiger partial charge in [0.05, 0.1) is 11.0 Å². The summed E-state index contributed by atoms with van der Waals surface area (Å²) in [4.78, 5) is 8.58. The van der Waals surface area contributed by atoms with Gasteiger partial charge in [-0.3, -0.25) is 9.97 Å². The largest absolute Gasteiger partial charge is 0.310 e. The van der Waals surface area contributed by atoms with Gasteiger partial charge in [-0.1, -0.05) is 13.0 Å². The molecule has 1 aromatic carbocycles. The number of nitrogens with one attached hydrogen (secondary N) is 1. The molecule has 21 heavy (non-hydrogen) atoms. The zero-order chi connectivity index (χ0) is 15.3. The van der Waals surface area contributed by atoms with Crippen LogP contribution >= 0.6 is 0 Å². The second-order valence-corrected chi connectivity index (χ2v) is 7.45. The smallest absolute Gasteiger partial charge is 0.147 e. The second kappa shape index (κ2) is 6.95. The zero-order valence-corrected chi connectivity index (χ0v) is 13.2. The molecule has 1 heterocycles. The highest BCUT2D eigenvalue weighted by molar-refractivity contribution is 7.90. The van der Waals surface area contributed by atoms with Crippen LogP contribution < -0.4 is 5.32 Å². The van der Waals surface area contributed by atoms with E-state index in [1.54, 1.807) is 12.4 Å². The molecule has 0 bridgehead atoms. The number of hydrogen-bond acceptors (Lipinski definition) is 5. The van der Waals surface area contributed by atoms with E-state index in [1.165, 1.54) is 6.26 Å². The van der Waals surface area contributed by atoms with Crippen LogP contribution in [-0.2, 0) is 9.84 Å². The lowest BCUT2D eigenvalue weighted by Crippen LogP contribution is -2.21. The van der Waals surface area contributed by atoms with E-state index in [4.69, 9.17) is 0 Å².